The second-order valence-electron chi connectivity index (χ2n) is 5.64. The quantitative estimate of drug-likeness (QED) is 0.634. The monoisotopic (exact) mass is 351 g/mol. The SMILES string of the molecule is C=CCNC(=O)Cn1c(COc2ccccc2OC)nc2ccccc21. The molecular formula is C20H21N3O3. The number of hydrogen-bond donors (Lipinski definition) is 1. The summed E-state index contributed by atoms with van der Waals surface area (Å²) in [7, 11) is 1.60. The summed E-state index contributed by atoms with van der Waals surface area (Å²) in [4.78, 5) is 16.8. The maximum atomic E-state index is 12.2. The molecule has 0 bridgehead atoms. The lowest BCUT2D eigenvalue weighted by atomic mass is 10.3. The van der Waals surface area contributed by atoms with Crippen LogP contribution in [0.2, 0.25) is 0 Å². The van der Waals surface area contributed by atoms with Crippen LogP contribution in [0.3, 0.4) is 0 Å². The van der Waals surface area contributed by atoms with Crippen molar-refractivity contribution in [3.8, 4) is 11.5 Å². The lowest BCUT2D eigenvalue weighted by Crippen LogP contribution is -2.28. The number of rotatable bonds is 8. The number of methoxy groups -OCH3 is 1. The van der Waals surface area contributed by atoms with Crippen molar-refractivity contribution >= 4 is 16.9 Å². The second-order valence-corrected chi connectivity index (χ2v) is 5.64. The summed E-state index contributed by atoms with van der Waals surface area (Å²) in [6, 6.07) is 15.1. The molecule has 2 aromatic carbocycles. The van der Waals surface area contributed by atoms with Gasteiger partial charge in [-0.25, -0.2) is 4.98 Å². The Kier molecular flexibility index (Phi) is 5.53. The minimum Gasteiger partial charge on any atom is -0.493 e. The number of hydrogen-bond acceptors (Lipinski definition) is 4. The molecule has 0 aliphatic heterocycles. The van der Waals surface area contributed by atoms with E-state index in [0.29, 0.717) is 23.9 Å². The van der Waals surface area contributed by atoms with Gasteiger partial charge in [-0.2, -0.15) is 0 Å². The number of aromatic nitrogens is 2. The number of nitrogens with zero attached hydrogens (tertiary/aromatic N) is 2. The van der Waals surface area contributed by atoms with Crippen molar-refractivity contribution in [1.29, 1.82) is 0 Å². The molecule has 0 saturated carbocycles. The lowest BCUT2D eigenvalue weighted by molar-refractivity contribution is -0.121. The van der Waals surface area contributed by atoms with Crippen LogP contribution in [0.15, 0.2) is 61.2 Å². The molecule has 0 aliphatic carbocycles. The molecule has 0 spiro atoms. The van der Waals surface area contributed by atoms with Gasteiger partial charge < -0.3 is 19.4 Å². The first-order valence-corrected chi connectivity index (χ1v) is 8.30. The molecule has 6 heteroatoms. The molecule has 0 saturated heterocycles. The standard InChI is InChI=1S/C20H21N3O3/c1-3-12-21-20(24)13-23-16-9-5-4-8-15(16)22-19(23)14-26-18-11-7-6-10-17(18)25-2/h3-11H,1,12-14H2,2H3,(H,21,24). The molecule has 1 heterocycles. The molecule has 134 valence electrons. The van der Waals surface area contributed by atoms with Crippen molar-refractivity contribution in [3.05, 3.63) is 67.0 Å². The fourth-order valence-corrected chi connectivity index (χ4v) is 2.68. The molecule has 3 rings (SSSR count). The van der Waals surface area contributed by atoms with Gasteiger partial charge in [0, 0.05) is 6.54 Å². The van der Waals surface area contributed by atoms with Gasteiger partial charge in [0.15, 0.2) is 11.5 Å². The summed E-state index contributed by atoms with van der Waals surface area (Å²) in [5.74, 6) is 1.85. The van der Waals surface area contributed by atoms with Crippen LogP contribution in [0.1, 0.15) is 5.82 Å². The Morgan fingerprint density at radius 3 is 2.69 bits per heavy atom. The van der Waals surface area contributed by atoms with E-state index in [0.717, 1.165) is 11.0 Å². The minimum atomic E-state index is -0.105. The predicted molar refractivity (Wildman–Crippen MR) is 100 cm³/mol. The van der Waals surface area contributed by atoms with E-state index >= 15 is 0 Å². The highest BCUT2D eigenvalue weighted by Crippen LogP contribution is 2.27. The maximum Gasteiger partial charge on any atom is 0.240 e. The van der Waals surface area contributed by atoms with E-state index in [2.05, 4.69) is 16.9 Å². The Morgan fingerprint density at radius 1 is 1.19 bits per heavy atom. The molecular weight excluding hydrogens is 330 g/mol. The van der Waals surface area contributed by atoms with Gasteiger partial charge in [-0.3, -0.25) is 4.79 Å². The van der Waals surface area contributed by atoms with Gasteiger partial charge >= 0.3 is 0 Å². The fraction of sp³-hybridized carbons (Fsp3) is 0.200. The van der Waals surface area contributed by atoms with Crippen LogP contribution in [0.5, 0.6) is 11.5 Å². The van der Waals surface area contributed by atoms with Crippen LogP contribution >= 0.6 is 0 Å². The van der Waals surface area contributed by atoms with Gasteiger partial charge in [0.25, 0.3) is 0 Å². The summed E-state index contributed by atoms with van der Waals surface area (Å²) in [6.45, 7) is 4.43. The van der Waals surface area contributed by atoms with Crippen molar-refractivity contribution < 1.29 is 14.3 Å². The smallest absolute Gasteiger partial charge is 0.240 e. The van der Waals surface area contributed by atoms with Crippen LogP contribution < -0.4 is 14.8 Å². The number of carbonyl (C=O) groups excluding carboxylic acids is 1. The molecule has 0 radical (unpaired) electrons. The summed E-state index contributed by atoms with van der Waals surface area (Å²) in [6.07, 6.45) is 1.65. The average molecular weight is 351 g/mol. The summed E-state index contributed by atoms with van der Waals surface area (Å²) in [5.41, 5.74) is 1.71. The number of imidazole rings is 1. The molecule has 1 aromatic heterocycles. The normalized spacial score (nSPS) is 10.5. The zero-order valence-corrected chi connectivity index (χ0v) is 14.6. The van der Waals surface area contributed by atoms with Gasteiger partial charge in [-0.15, -0.1) is 6.58 Å². The van der Waals surface area contributed by atoms with Gasteiger partial charge in [0.05, 0.1) is 18.1 Å². The van der Waals surface area contributed by atoms with Crippen molar-refractivity contribution in [2.45, 2.75) is 13.2 Å². The Bertz CT molecular complexity index is 918. The molecule has 0 unspecified atom stereocenters. The summed E-state index contributed by atoms with van der Waals surface area (Å²) < 4.78 is 13.1. The van der Waals surface area contributed by atoms with E-state index in [1.54, 1.807) is 13.2 Å². The van der Waals surface area contributed by atoms with Crippen molar-refractivity contribution in [3.63, 3.8) is 0 Å². The van der Waals surface area contributed by atoms with Crippen LogP contribution in [0.25, 0.3) is 11.0 Å². The first-order valence-electron chi connectivity index (χ1n) is 8.30. The zero-order valence-electron chi connectivity index (χ0n) is 14.6. The van der Waals surface area contributed by atoms with Crippen LogP contribution in [-0.2, 0) is 17.9 Å². The highest BCUT2D eigenvalue weighted by molar-refractivity contribution is 5.81. The molecule has 0 fully saturated rings. The summed E-state index contributed by atoms with van der Waals surface area (Å²) in [5, 5.41) is 2.79. The number of amides is 1. The number of fused-ring (bicyclic) bond motifs is 1. The van der Waals surface area contributed by atoms with Crippen LogP contribution in [0, 0.1) is 0 Å². The number of benzene rings is 2. The number of para-hydroxylation sites is 4. The molecule has 26 heavy (non-hydrogen) atoms. The zero-order chi connectivity index (χ0) is 18.4. The second kappa shape index (κ2) is 8.20. The Balaban J connectivity index is 1.86. The van der Waals surface area contributed by atoms with Crippen molar-refractivity contribution in [1.82, 2.24) is 14.9 Å². The Morgan fingerprint density at radius 2 is 1.92 bits per heavy atom. The topological polar surface area (TPSA) is 65.4 Å². The van der Waals surface area contributed by atoms with Crippen LogP contribution in [-0.4, -0.2) is 29.1 Å². The largest absolute Gasteiger partial charge is 0.493 e. The van der Waals surface area contributed by atoms with Gasteiger partial charge in [-0.05, 0) is 24.3 Å². The number of nitrogens with one attached hydrogen (secondary N) is 1. The molecule has 0 atom stereocenters. The van der Waals surface area contributed by atoms with E-state index < -0.39 is 0 Å². The Hall–Kier alpha value is -3.28. The highest BCUT2D eigenvalue weighted by atomic mass is 16.5. The molecule has 1 N–H and O–H groups in total. The third kappa shape index (κ3) is 3.85. The maximum absolute atomic E-state index is 12.2. The molecule has 6 nitrogen and oxygen atoms in total. The van der Waals surface area contributed by atoms with Crippen LogP contribution in [0.4, 0.5) is 0 Å². The predicted octanol–water partition coefficient (Wildman–Crippen LogP) is 2.93. The van der Waals surface area contributed by atoms with Gasteiger partial charge in [0.2, 0.25) is 5.91 Å². The van der Waals surface area contributed by atoms with Gasteiger partial charge in [-0.1, -0.05) is 30.3 Å². The van der Waals surface area contributed by atoms with E-state index in [9.17, 15) is 4.79 Å². The number of ether oxygens (including phenoxy) is 2. The average Bonchev–Trinajstić information content (AvgIpc) is 3.02. The third-order valence-electron chi connectivity index (χ3n) is 3.90. The van der Waals surface area contributed by atoms with Gasteiger partial charge in [0.1, 0.15) is 19.0 Å². The van der Waals surface area contributed by atoms with E-state index in [-0.39, 0.29) is 19.1 Å². The van der Waals surface area contributed by atoms with E-state index in [4.69, 9.17) is 9.47 Å². The third-order valence-corrected chi connectivity index (χ3v) is 3.90. The first-order chi connectivity index (χ1) is 12.7. The molecule has 3 aromatic rings. The Labute approximate surface area is 152 Å². The lowest BCUT2D eigenvalue weighted by Gasteiger charge is -2.12. The molecule has 0 aliphatic rings. The van der Waals surface area contributed by atoms with E-state index in [1.807, 2.05) is 53.1 Å². The van der Waals surface area contributed by atoms with Crippen molar-refractivity contribution in [2.24, 2.45) is 0 Å². The summed E-state index contributed by atoms with van der Waals surface area (Å²) >= 11 is 0. The fourth-order valence-electron chi connectivity index (χ4n) is 2.68. The molecule has 1 amide bonds. The number of carbonyl (C=O) groups is 1. The minimum absolute atomic E-state index is 0.105. The van der Waals surface area contributed by atoms with E-state index in [1.165, 1.54) is 0 Å². The van der Waals surface area contributed by atoms with Crippen molar-refractivity contribution in [2.75, 3.05) is 13.7 Å². The highest BCUT2D eigenvalue weighted by Gasteiger charge is 2.14. The first kappa shape index (κ1) is 17.5.